The molecule has 0 aromatic carbocycles. The van der Waals surface area contributed by atoms with Gasteiger partial charge in [-0.1, -0.05) is 0 Å². The highest BCUT2D eigenvalue weighted by atomic mass is 16.2. The van der Waals surface area contributed by atoms with Gasteiger partial charge < -0.3 is 9.80 Å². The van der Waals surface area contributed by atoms with E-state index in [0.29, 0.717) is 5.91 Å². The molecule has 0 spiro atoms. The minimum absolute atomic E-state index is 0.182. The van der Waals surface area contributed by atoms with Gasteiger partial charge in [-0.25, -0.2) is 0 Å². The zero-order valence-corrected chi connectivity index (χ0v) is 9.33. The highest BCUT2D eigenvalue weighted by Gasteiger charge is 2.26. The van der Waals surface area contributed by atoms with Crippen LogP contribution in [0.25, 0.3) is 0 Å². The lowest BCUT2D eigenvalue weighted by atomic mass is 9.97. The maximum atomic E-state index is 12.0. The highest BCUT2D eigenvalue weighted by Crippen LogP contribution is 2.17. The van der Waals surface area contributed by atoms with E-state index >= 15 is 0 Å². The number of rotatable bonds is 3. The summed E-state index contributed by atoms with van der Waals surface area (Å²) in [5.41, 5.74) is 0. The van der Waals surface area contributed by atoms with Crippen LogP contribution >= 0.6 is 0 Å². The van der Waals surface area contributed by atoms with Crippen molar-refractivity contribution in [3.63, 3.8) is 0 Å². The lowest BCUT2D eigenvalue weighted by molar-refractivity contribution is -0.136. The van der Waals surface area contributed by atoms with Crippen molar-refractivity contribution in [2.45, 2.75) is 26.7 Å². The molecular formula is C11H21N2O. The van der Waals surface area contributed by atoms with Crippen molar-refractivity contribution in [3.8, 4) is 0 Å². The zero-order valence-electron chi connectivity index (χ0n) is 9.33. The third-order valence-electron chi connectivity index (χ3n) is 2.93. The van der Waals surface area contributed by atoms with Crippen LogP contribution in [0.2, 0.25) is 0 Å². The van der Waals surface area contributed by atoms with E-state index in [0.717, 1.165) is 39.0 Å². The van der Waals surface area contributed by atoms with Crippen LogP contribution < -0.4 is 0 Å². The van der Waals surface area contributed by atoms with Crippen molar-refractivity contribution >= 4 is 5.91 Å². The predicted molar refractivity (Wildman–Crippen MR) is 57.6 cm³/mol. The summed E-state index contributed by atoms with van der Waals surface area (Å²) in [6, 6.07) is 0. The molecule has 1 saturated heterocycles. The topological polar surface area (TPSA) is 23.6 Å². The average molecular weight is 197 g/mol. The van der Waals surface area contributed by atoms with E-state index in [1.807, 2.05) is 23.6 Å². The van der Waals surface area contributed by atoms with Gasteiger partial charge in [-0.15, -0.1) is 0 Å². The molecule has 1 unspecified atom stereocenters. The third-order valence-corrected chi connectivity index (χ3v) is 2.93. The third kappa shape index (κ3) is 2.71. The Hall–Kier alpha value is -0.570. The van der Waals surface area contributed by atoms with E-state index in [1.165, 1.54) is 0 Å². The Morgan fingerprint density at radius 1 is 1.50 bits per heavy atom. The summed E-state index contributed by atoms with van der Waals surface area (Å²) in [7, 11) is 3.90. The van der Waals surface area contributed by atoms with Crippen LogP contribution in [0, 0.1) is 13.0 Å². The van der Waals surface area contributed by atoms with Crippen molar-refractivity contribution in [1.29, 1.82) is 0 Å². The summed E-state index contributed by atoms with van der Waals surface area (Å²) < 4.78 is 0. The highest BCUT2D eigenvalue weighted by molar-refractivity contribution is 5.79. The summed E-state index contributed by atoms with van der Waals surface area (Å²) >= 11 is 0. The normalized spacial score (nSPS) is 23.5. The molecule has 0 aromatic heterocycles. The van der Waals surface area contributed by atoms with E-state index in [4.69, 9.17) is 0 Å². The number of amides is 1. The molecule has 1 aliphatic rings. The maximum absolute atomic E-state index is 12.0. The number of nitrogens with zero attached hydrogens (tertiary/aromatic N) is 2. The Labute approximate surface area is 87.1 Å². The fourth-order valence-electron chi connectivity index (χ4n) is 2.05. The van der Waals surface area contributed by atoms with Crippen LogP contribution in [-0.2, 0) is 4.79 Å². The second-order valence-corrected chi connectivity index (χ2v) is 3.93. The van der Waals surface area contributed by atoms with Crippen molar-refractivity contribution in [2.24, 2.45) is 5.92 Å². The van der Waals surface area contributed by atoms with Gasteiger partial charge in [0.25, 0.3) is 0 Å². The summed E-state index contributed by atoms with van der Waals surface area (Å²) in [5, 5.41) is 0. The smallest absolute Gasteiger partial charge is 0.226 e. The summed E-state index contributed by atoms with van der Waals surface area (Å²) in [5.74, 6) is 0.490. The van der Waals surface area contributed by atoms with E-state index in [2.05, 4.69) is 7.05 Å². The minimum atomic E-state index is 0.182. The van der Waals surface area contributed by atoms with Gasteiger partial charge in [-0.3, -0.25) is 4.79 Å². The van der Waals surface area contributed by atoms with Crippen LogP contribution in [0.3, 0.4) is 0 Å². The van der Waals surface area contributed by atoms with E-state index in [1.54, 1.807) is 0 Å². The number of hydrogen-bond acceptors (Lipinski definition) is 2. The number of likely N-dealkylation sites (tertiary alicyclic amines) is 1. The molecule has 3 heteroatoms. The molecular weight excluding hydrogens is 176 g/mol. The fraction of sp³-hybridized carbons (Fsp3) is 0.818. The van der Waals surface area contributed by atoms with E-state index in [-0.39, 0.29) is 5.92 Å². The maximum Gasteiger partial charge on any atom is 0.226 e. The molecule has 1 amide bonds. The largest absolute Gasteiger partial charge is 0.343 e. The molecule has 1 radical (unpaired) electrons. The Morgan fingerprint density at radius 3 is 2.64 bits per heavy atom. The van der Waals surface area contributed by atoms with Gasteiger partial charge in [-0.05, 0) is 33.2 Å². The van der Waals surface area contributed by atoms with Crippen LogP contribution in [0.5, 0.6) is 0 Å². The Morgan fingerprint density at radius 2 is 2.14 bits per heavy atom. The molecule has 3 nitrogen and oxygen atoms in total. The SMILES string of the molecule is [CH2]N1CCCC(C(=O)N(CC)CC)C1. The Balaban J connectivity index is 2.50. The molecule has 0 saturated carbocycles. The van der Waals surface area contributed by atoms with E-state index in [9.17, 15) is 4.79 Å². The molecule has 0 bridgehead atoms. The van der Waals surface area contributed by atoms with Crippen LogP contribution in [0.4, 0.5) is 0 Å². The first-order valence-electron chi connectivity index (χ1n) is 5.53. The monoisotopic (exact) mass is 197 g/mol. The lowest BCUT2D eigenvalue weighted by Gasteiger charge is -2.32. The van der Waals surface area contributed by atoms with Crippen molar-refractivity contribution in [1.82, 2.24) is 9.80 Å². The predicted octanol–water partition coefficient (Wildman–Crippen LogP) is 1.36. The van der Waals surface area contributed by atoms with Gasteiger partial charge in [0.15, 0.2) is 0 Å². The van der Waals surface area contributed by atoms with Crippen molar-refractivity contribution in [2.75, 3.05) is 26.2 Å². The quantitative estimate of drug-likeness (QED) is 0.682. The summed E-state index contributed by atoms with van der Waals surface area (Å²) in [4.78, 5) is 15.9. The standard InChI is InChI=1S/C11H21N2O/c1-4-13(5-2)11(14)10-7-6-8-12(3)9-10/h10H,3-9H2,1-2H3. The first-order chi connectivity index (χ1) is 6.69. The van der Waals surface area contributed by atoms with Crippen LogP contribution in [0.1, 0.15) is 26.7 Å². The number of hydrogen-bond donors (Lipinski definition) is 0. The van der Waals surface area contributed by atoms with Crippen LogP contribution in [-0.4, -0.2) is 41.9 Å². The second-order valence-electron chi connectivity index (χ2n) is 3.93. The molecule has 14 heavy (non-hydrogen) atoms. The van der Waals surface area contributed by atoms with Crippen LogP contribution in [0.15, 0.2) is 0 Å². The molecule has 81 valence electrons. The van der Waals surface area contributed by atoms with Gasteiger partial charge in [0.05, 0.1) is 5.92 Å². The van der Waals surface area contributed by atoms with Crippen molar-refractivity contribution < 1.29 is 4.79 Å². The number of carbonyl (C=O) groups excluding carboxylic acids is 1. The molecule has 1 heterocycles. The summed E-state index contributed by atoms with van der Waals surface area (Å²) in [6.45, 7) is 7.57. The summed E-state index contributed by atoms with van der Waals surface area (Å²) in [6.07, 6.45) is 2.13. The molecule has 1 rings (SSSR count). The fourth-order valence-corrected chi connectivity index (χ4v) is 2.05. The molecule has 0 N–H and O–H groups in total. The van der Waals surface area contributed by atoms with Gasteiger partial charge in [0, 0.05) is 26.7 Å². The first kappa shape index (κ1) is 11.5. The van der Waals surface area contributed by atoms with Gasteiger partial charge in [0.1, 0.15) is 0 Å². The second kappa shape index (κ2) is 5.35. The zero-order chi connectivity index (χ0) is 10.6. The van der Waals surface area contributed by atoms with Gasteiger partial charge >= 0.3 is 0 Å². The molecule has 0 aliphatic carbocycles. The minimum Gasteiger partial charge on any atom is -0.343 e. The van der Waals surface area contributed by atoms with E-state index < -0.39 is 0 Å². The molecule has 0 aromatic rings. The molecule has 1 aliphatic heterocycles. The first-order valence-corrected chi connectivity index (χ1v) is 5.53. The lowest BCUT2D eigenvalue weighted by Crippen LogP contribution is -2.42. The Kier molecular flexibility index (Phi) is 4.39. The van der Waals surface area contributed by atoms with Gasteiger partial charge in [-0.2, -0.15) is 0 Å². The van der Waals surface area contributed by atoms with Crippen molar-refractivity contribution in [3.05, 3.63) is 7.05 Å². The molecule has 1 atom stereocenters. The Bertz CT molecular complexity index is 190. The molecule has 1 fully saturated rings. The number of piperidine rings is 1. The van der Waals surface area contributed by atoms with Gasteiger partial charge in [0.2, 0.25) is 5.91 Å². The number of carbonyl (C=O) groups is 1. The average Bonchev–Trinajstić information content (AvgIpc) is 2.19.